The summed E-state index contributed by atoms with van der Waals surface area (Å²) in [4.78, 5) is 28.6. The van der Waals surface area contributed by atoms with E-state index in [0.717, 1.165) is 81.2 Å². The van der Waals surface area contributed by atoms with Gasteiger partial charge in [0.15, 0.2) is 0 Å². The normalized spacial score (nSPS) is 15.9. The van der Waals surface area contributed by atoms with Crippen molar-refractivity contribution in [2.45, 2.75) is 6.92 Å². The molecule has 0 aromatic heterocycles. The summed E-state index contributed by atoms with van der Waals surface area (Å²) in [7, 11) is 2.12. The summed E-state index contributed by atoms with van der Waals surface area (Å²) in [5.41, 5.74) is 4.41. The number of nitrogens with one attached hydrogen (secondary N) is 1. The molecule has 179 valence electrons. The summed E-state index contributed by atoms with van der Waals surface area (Å²) < 4.78 is 5.28. The second-order valence-electron chi connectivity index (χ2n) is 8.10. The van der Waals surface area contributed by atoms with E-state index in [0.29, 0.717) is 5.56 Å². The number of rotatable bonds is 6. The number of nitrogens with zero attached hydrogens (tertiary/aromatic N) is 3. The van der Waals surface area contributed by atoms with Gasteiger partial charge in [-0.3, -0.25) is 6.58 Å². The molecule has 0 unspecified atom stereocenters. The maximum absolute atomic E-state index is 11.7. The zero-order valence-electron chi connectivity index (χ0n) is 19.8. The molecule has 4 rings (SSSR count). The topological polar surface area (TPSA) is 65.1 Å². The van der Waals surface area contributed by atoms with E-state index in [1.807, 2.05) is 43.3 Å². The summed E-state index contributed by atoms with van der Waals surface area (Å²) in [5, 5.41) is 2.49. The van der Waals surface area contributed by atoms with Crippen LogP contribution in [0.2, 0.25) is 0 Å². The smallest absolute Gasteiger partial charge is 0.490 e. The van der Waals surface area contributed by atoms with Gasteiger partial charge in [0.05, 0.1) is 25.4 Å². The number of benzene rings is 2. The van der Waals surface area contributed by atoms with Gasteiger partial charge in [0.1, 0.15) is 0 Å². The van der Waals surface area contributed by atoms with Crippen LogP contribution >= 0.6 is 0 Å². The first-order chi connectivity index (χ1) is 16.0. The molecule has 0 spiro atoms. The fourth-order valence-electron chi connectivity index (χ4n) is 3.76. The van der Waals surface area contributed by atoms with E-state index < -0.39 is 0 Å². The number of ketones is 1. The number of likely N-dealkylation sites (N-methyl/N-ethyl adjacent to an activating group) is 1. The largest absolute Gasteiger partial charge is 3.00 e. The molecule has 7 nitrogen and oxygen atoms in total. The van der Waals surface area contributed by atoms with Crippen molar-refractivity contribution in [1.29, 1.82) is 0 Å². The number of carbonyl (C=O) groups is 1. The van der Waals surface area contributed by atoms with Gasteiger partial charge in [0.2, 0.25) is 0 Å². The van der Waals surface area contributed by atoms with E-state index in [4.69, 9.17) is 11.3 Å². The van der Waals surface area contributed by atoms with Gasteiger partial charge in [0, 0.05) is 45.0 Å². The molecule has 0 aliphatic carbocycles. The van der Waals surface area contributed by atoms with Gasteiger partial charge in [-0.15, -0.1) is 47.1 Å². The minimum absolute atomic E-state index is 0. The Morgan fingerprint density at radius 2 is 1.68 bits per heavy atom. The molecule has 1 N–H and O–H groups in total. The quantitative estimate of drug-likeness (QED) is 0.286. The van der Waals surface area contributed by atoms with Crippen LogP contribution in [0.3, 0.4) is 0 Å². The summed E-state index contributed by atoms with van der Waals surface area (Å²) in [6, 6.07) is 14.9. The van der Waals surface area contributed by atoms with Crippen LogP contribution in [0.25, 0.3) is 0 Å². The molecule has 2 heterocycles. The van der Waals surface area contributed by atoms with Crippen molar-refractivity contribution < 1.29 is 31.7 Å². The van der Waals surface area contributed by atoms with Gasteiger partial charge >= 0.3 is 17.4 Å². The van der Waals surface area contributed by atoms with Crippen LogP contribution in [0.5, 0.6) is 0 Å². The third-order valence-electron chi connectivity index (χ3n) is 5.82. The Labute approximate surface area is 213 Å². The summed E-state index contributed by atoms with van der Waals surface area (Å²) in [6.45, 7) is 14.6. The average molecular weight is 500 g/mol. The monoisotopic (exact) mass is 499 g/mol. The third kappa shape index (κ3) is 7.71. The molecular formula is C26H31CrN4O3. The molecule has 1 amide bonds. The van der Waals surface area contributed by atoms with Crippen molar-refractivity contribution >= 4 is 29.3 Å². The maximum atomic E-state index is 11.7. The molecule has 1 radical (unpaired) electrons. The van der Waals surface area contributed by atoms with Gasteiger partial charge in [-0.05, 0) is 12.7 Å². The van der Waals surface area contributed by atoms with Crippen LogP contribution in [0, 0.1) is 19.6 Å². The van der Waals surface area contributed by atoms with Crippen molar-refractivity contribution in [2.24, 2.45) is 0 Å². The predicted octanol–water partition coefficient (Wildman–Crippen LogP) is 2.72. The van der Waals surface area contributed by atoms with Gasteiger partial charge in [-0.2, -0.15) is 6.08 Å². The number of hydrogen-bond donors (Lipinski definition) is 1. The molecule has 2 saturated heterocycles. The fraction of sp³-hybridized carbons (Fsp3) is 0.385. The Morgan fingerprint density at radius 3 is 2.26 bits per heavy atom. The zero-order valence-corrected chi connectivity index (χ0v) is 21.0. The van der Waals surface area contributed by atoms with Gasteiger partial charge in [-0.25, -0.2) is 0 Å². The van der Waals surface area contributed by atoms with E-state index in [-0.39, 0.29) is 23.1 Å². The fourth-order valence-corrected chi connectivity index (χ4v) is 3.76. The van der Waals surface area contributed by atoms with Crippen molar-refractivity contribution in [3.63, 3.8) is 0 Å². The van der Waals surface area contributed by atoms with Gasteiger partial charge < -0.3 is 34.3 Å². The molecule has 2 fully saturated rings. The maximum Gasteiger partial charge on any atom is 3.00 e. The van der Waals surface area contributed by atoms with Crippen molar-refractivity contribution in [3.05, 3.63) is 66.2 Å². The van der Waals surface area contributed by atoms with Crippen LogP contribution in [0.1, 0.15) is 15.9 Å². The molecule has 2 aliphatic heterocycles. The van der Waals surface area contributed by atoms with E-state index in [2.05, 4.69) is 33.1 Å². The van der Waals surface area contributed by atoms with Crippen LogP contribution in [0.15, 0.2) is 42.5 Å². The van der Waals surface area contributed by atoms with Crippen LogP contribution in [0.4, 0.5) is 17.1 Å². The molecular weight excluding hydrogens is 468 g/mol. The van der Waals surface area contributed by atoms with Gasteiger partial charge in [-0.1, -0.05) is 19.1 Å². The number of amides is 1. The Bertz CT molecular complexity index is 938. The first-order valence-electron chi connectivity index (χ1n) is 11.1. The first kappa shape index (κ1) is 27.6. The zero-order chi connectivity index (χ0) is 23.6. The molecule has 0 bridgehead atoms. The molecule has 34 heavy (non-hydrogen) atoms. The molecule has 8 heteroatoms. The molecule has 2 aromatic rings. The number of anilines is 3. The molecule has 2 aliphatic rings. The average Bonchev–Trinajstić information content (AvgIpc) is 2.86. The number of aryl methyl sites for hydroxylation is 1. The Morgan fingerprint density at radius 1 is 1.03 bits per heavy atom. The Kier molecular flexibility index (Phi) is 11.3. The van der Waals surface area contributed by atoms with Crippen molar-refractivity contribution in [1.82, 2.24) is 4.90 Å². The summed E-state index contributed by atoms with van der Waals surface area (Å²) >= 11 is 0. The minimum atomic E-state index is -0.163. The second-order valence-corrected chi connectivity index (χ2v) is 8.10. The van der Waals surface area contributed by atoms with E-state index >= 15 is 0 Å². The van der Waals surface area contributed by atoms with E-state index in [1.54, 1.807) is 6.41 Å². The second kappa shape index (κ2) is 13.9. The Balaban J connectivity index is 0.000000237. The SMILES string of the molecule is O=[C-]Nc1ccc(N2CCOCC2)cc1.[CH-]=CC(=O)c1[c-]c(N2CCN(C)CC2)ccc1C.[Cr+3]. The summed E-state index contributed by atoms with van der Waals surface area (Å²) in [6.07, 6.45) is 2.75. The molecule has 2 aromatic carbocycles. The van der Waals surface area contributed by atoms with Crippen molar-refractivity contribution in [3.8, 4) is 0 Å². The van der Waals surface area contributed by atoms with E-state index in [1.165, 1.54) is 0 Å². The number of carbonyl (C=O) groups excluding carboxylic acids is 2. The third-order valence-corrected chi connectivity index (χ3v) is 5.82. The van der Waals surface area contributed by atoms with Crippen LogP contribution < -0.4 is 15.1 Å². The molecule has 0 atom stereocenters. The van der Waals surface area contributed by atoms with Crippen molar-refractivity contribution in [2.75, 3.05) is 74.6 Å². The molecule has 0 saturated carbocycles. The van der Waals surface area contributed by atoms with Gasteiger partial charge in [0.25, 0.3) is 0 Å². The number of hydrogen-bond acceptors (Lipinski definition) is 6. The predicted molar refractivity (Wildman–Crippen MR) is 132 cm³/mol. The number of ether oxygens (including phenoxy) is 1. The number of piperazine rings is 1. The number of morpholine rings is 1. The standard InChI is InChI=1S/C15H18N2O.C11H13N2O2.Cr/c1-4-15(18)14-11-13(6-5-12(14)2)17-9-7-16(3)8-10-17;14-9-12-10-1-3-11(4-2-10)13-5-7-15-8-6-13;/h1,4-6H,7-10H2,2-3H3;1-4H,5-8H2,(H,12,14);/q-2;-1;+3. The van der Waals surface area contributed by atoms with E-state index in [9.17, 15) is 9.59 Å². The van der Waals surface area contributed by atoms with Crippen LogP contribution in [-0.2, 0) is 26.9 Å². The summed E-state index contributed by atoms with van der Waals surface area (Å²) in [5.74, 6) is -0.163. The minimum Gasteiger partial charge on any atom is -0.490 e. The Hall–Kier alpha value is -2.63. The number of allylic oxidation sites excluding steroid dienone is 1. The first-order valence-corrected chi connectivity index (χ1v) is 11.1. The van der Waals surface area contributed by atoms with Crippen LogP contribution in [-0.4, -0.2) is 76.6 Å².